The van der Waals surface area contributed by atoms with E-state index in [0.29, 0.717) is 35.3 Å². The molecule has 2 aromatic rings. The molecule has 7 nitrogen and oxygen atoms in total. The predicted molar refractivity (Wildman–Crippen MR) is 101 cm³/mol. The van der Waals surface area contributed by atoms with Crippen molar-refractivity contribution in [2.45, 2.75) is 13.0 Å². The van der Waals surface area contributed by atoms with E-state index in [9.17, 15) is 4.79 Å². The van der Waals surface area contributed by atoms with Crippen molar-refractivity contribution in [3.05, 3.63) is 41.5 Å². The zero-order valence-electron chi connectivity index (χ0n) is 16.3. The normalized spacial score (nSPS) is 10.1. The Morgan fingerprint density at radius 2 is 1.33 bits per heavy atom. The zero-order valence-corrected chi connectivity index (χ0v) is 16.3. The number of rotatable bonds is 9. The maximum atomic E-state index is 12.4. The topological polar surface area (TPSA) is 75.3 Å². The van der Waals surface area contributed by atoms with Crippen LogP contribution in [0.3, 0.4) is 0 Å². The summed E-state index contributed by atoms with van der Waals surface area (Å²) in [5.74, 6) is 2.87. The summed E-state index contributed by atoms with van der Waals surface area (Å²) in [4.78, 5) is 12.4. The summed E-state index contributed by atoms with van der Waals surface area (Å²) >= 11 is 0. The molecule has 0 radical (unpaired) electrons. The smallest absolute Gasteiger partial charge is 0.224 e. The lowest BCUT2D eigenvalue weighted by Gasteiger charge is -2.15. The molecule has 0 aliphatic heterocycles. The molecule has 0 saturated heterocycles. The van der Waals surface area contributed by atoms with Crippen molar-refractivity contribution in [3.63, 3.8) is 0 Å². The molecule has 0 unspecified atom stereocenters. The highest BCUT2D eigenvalue weighted by atomic mass is 16.5. The number of amides is 1. The van der Waals surface area contributed by atoms with Gasteiger partial charge in [0.2, 0.25) is 5.91 Å². The quantitative estimate of drug-likeness (QED) is 0.726. The second kappa shape index (κ2) is 9.56. The average molecular weight is 375 g/mol. The lowest BCUT2D eigenvalue weighted by atomic mass is 10.1. The summed E-state index contributed by atoms with van der Waals surface area (Å²) in [6, 6.07) is 8.87. The van der Waals surface area contributed by atoms with E-state index < -0.39 is 0 Å². The first kappa shape index (κ1) is 20.2. The van der Waals surface area contributed by atoms with Crippen LogP contribution in [0.25, 0.3) is 0 Å². The number of carbonyl (C=O) groups is 1. The number of methoxy groups -OCH3 is 5. The van der Waals surface area contributed by atoms with Crippen LogP contribution in [0.4, 0.5) is 0 Å². The van der Waals surface area contributed by atoms with Crippen LogP contribution >= 0.6 is 0 Å². The molecule has 0 heterocycles. The first-order valence-corrected chi connectivity index (χ1v) is 8.32. The van der Waals surface area contributed by atoms with E-state index in [1.54, 1.807) is 59.8 Å². The Balaban J connectivity index is 2.09. The summed E-state index contributed by atoms with van der Waals surface area (Å²) in [7, 11) is 7.82. The van der Waals surface area contributed by atoms with Crippen molar-refractivity contribution in [3.8, 4) is 28.7 Å². The van der Waals surface area contributed by atoms with Gasteiger partial charge in [-0.1, -0.05) is 6.07 Å². The van der Waals surface area contributed by atoms with E-state index in [4.69, 9.17) is 23.7 Å². The summed E-state index contributed by atoms with van der Waals surface area (Å²) in [5.41, 5.74) is 1.56. The van der Waals surface area contributed by atoms with Gasteiger partial charge in [0.25, 0.3) is 0 Å². The molecule has 146 valence electrons. The molecular weight excluding hydrogens is 350 g/mol. The van der Waals surface area contributed by atoms with Gasteiger partial charge in [0, 0.05) is 29.8 Å². The lowest BCUT2D eigenvalue weighted by Crippen LogP contribution is -2.25. The number of carbonyl (C=O) groups excluding carboxylic acids is 1. The zero-order chi connectivity index (χ0) is 19.8. The van der Waals surface area contributed by atoms with Crippen LogP contribution in [0.15, 0.2) is 30.3 Å². The van der Waals surface area contributed by atoms with Crippen LogP contribution in [0.2, 0.25) is 0 Å². The minimum Gasteiger partial charge on any atom is -0.497 e. The van der Waals surface area contributed by atoms with Crippen molar-refractivity contribution < 1.29 is 28.5 Å². The Hall–Kier alpha value is -3.09. The lowest BCUT2D eigenvalue weighted by molar-refractivity contribution is -0.120. The third-order valence-electron chi connectivity index (χ3n) is 4.11. The van der Waals surface area contributed by atoms with Crippen LogP contribution in [0, 0.1) is 0 Å². The molecule has 0 fully saturated rings. The minimum absolute atomic E-state index is 0.143. The molecule has 27 heavy (non-hydrogen) atoms. The van der Waals surface area contributed by atoms with Crippen molar-refractivity contribution in [1.82, 2.24) is 5.32 Å². The minimum atomic E-state index is -0.143. The van der Waals surface area contributed by atoms with E-state index >= 15 is 0 Å². The molecule has 1 amide bonds. The molecule has 0 aliphatic carbocycles. The summed E-state index contributed by atoms with van der Waals surface area (Å²) in [6.07, 6.45) is 0.183. The molecule has 7 heteroatoms. The monoisotopic (exact) mass is 375 g/mol. The Morgan fingerprint density at radius 3 is 1.93 bits per heavy atom. The van der Waals surface area contributed by atoms with Crippen LogP contribution < -0.4 is 29.0 Å². The number of nitrogens with one attached hydrogen (secondary N) is 1. The van der Waals surface area contributed by atoms with E-state index in [1.807, 2.05) is 6.07 Å². The fraction of sp³-hybridized carbons (Fsp3) is 0.350. The molecule has 0 aromatic heterocycles. The van der Waals surface area contributed by atoms with Crippen molar-refractivity contribution in [2.75, 3.05) is 35.5 Å². The number of hydrogen-bond acceptors (Lipinski definition) is 6. The largest absolute Gasteiger partial charge is 0.497 e. The molecule has 2 aromatic carbocycles. The number of ether oxygens (including phenoxy) is 5. The van der Waals surface area contributed by atoms with Gasteiger partial charge < -0.3 is 29.0 Å². The fourth-order valence-corrected chi connectivity index (χ4v) is 2.66. The third-order valence-corrected chi connectivity index (χ3v) is 4.11. The van der Waals surface area contributed by atoms with Gasteiger partial charge in [-0.2, -0.15) is 0 Å². The van der Waals surface area contributed by atoms with Gasteiger partial charge >= 0.3 is 0 Å². The second-order valence-corrected chi connectivity index (χ2v) is 5.65. The van der Waals surface area contributed by atoms with Gasteiger partial charge in [-0.3, -0.25) is 4.79 Å². The Labute approximate surface area is 159 Å². The van der Waals surface area contributed by atoms with E-state index in [1.165, 1.54) is 0 Å². The van der Waals surface area contributed by atoms with Crippen LogP contribution in [0.5, 0.6) is 28.7 Å². The Kier molecular flexibility index (Phi) is 7.16. The molecule has 0 atom stereocenters. The summed E-state index contributed by atoms with van der Waals surface area (Å²) < 4.78 is 26.5. The van der Waals surface area contributed by atoms with Gasteiger partial charge in [0.1, 0.15) is 17.2 Å². The van der Waals surface area contributed by atoms with E-state index in [-0.39, 0.29) is 12.3 Å². The maximum absolute atomic E-state index is 12.4. The first-order chi connectivity index (χ1) is 13.1. The maximum Gasteiger partial charge on any atom is 0.224 e. The fourth-order valence-electron chi connectivity index (χ4n) is 2.66. The second-order valence-electron chi connectivity index (χ2n) is 5.65. The molecule has 1 N–H and O–H groups in total. The SMILES string of the molecule is COc1ccc(CC(=O)NCc2cc(OC)c(OC)cc2OC)c(OC)c1. The van der Waals surface area contributed by atoms with E-state index in [0.717, 1.165) is 11.1 Å². The Bertz CT molecular complexity index is 790. The molecule has 0 spiro atoms. The van der Waals surface area contributed by atoms with Gasteiger partial charge in [0.05, 0.1) is 42.0 Å². The summed E-state index contributed by atoms with van der Waals surface area (Å²) in [6.45, 7) is 0.292. The standard InChI is InChI=1S/C20H25NO6/c1-23-15-7-6-13(16(10-15)24-2)9-20(22)21-12-14-8-18(26-4)19(27-5)11-17(14)25-3/h6-8,10-11H,9,12H2,1-5H3,(H,21,22). The number of hydrogen-bond donors (Lipinski definition) is 1. The van der Waals surface area contributed by atoms with Crippen LogP contribution in [-0.2, 0) is 17.8 Å². The van der Waals surface area contributed by atoms with Gasteiger partial charge in [-0.25, -0.2) is 0 Å². The molecular formula is C20H25NO6. The average Bonchev–Trinajstić information content (AvgIpc) is 2.71. The van der Waals surface area contributed by atoms with Crippen LogP contribution in [-0.4, -0.2) is 41.5 Å². The van der Waals surface area contributed by atoms with Crippen molar-refractivity contribution in [2.24, 2.45) is 0 Å². The van der Waals surface area contributed by atoms with Gasteiger partial charge in [-0.15, -0.1) is 0 Å². The first-order valence-electron chi connectivity index (χ1n) is 8.32. The van der Waals surface area contributed by atoms with Gasteiger partial charge in [-0.05, 0) is 12.1 Å². The number of benzene rings is 2. The molecule has 0 bridgehead atoms. The predicted octanol–water partition coefficient (Wildman–Crippen LogP) is 2.59. The third kappa shape index (κ3) is 4.97. The highest BCUT2D eigenvalue weighted by Crippen LogP contribution is 2.34. The van der Waals surface area contributed by atoms with E-state index in [2.05, 4.69) is 5.32 Å². The summed E-state index contributed by atoms with van der Waals surface area (Å²) in [5, 5.41) is 2.89. The van der Waals surface area contributed by atoms with Crippen molar-refractivity contribution in [1.29, 1.82) is 0 Å². The van der Waals surface area contributed by atoms with Crippen molar-refractivity contribution >= 4 is 5.91 Å². The molecule has 0 aliphatic rings. The highest BCUT2D eigenvalue weighted by Gasteiger charge is 2.14. The molecule has 2 rings (SSSR count). The van der Waals surface area contributed by atoms with Gasteiger partial charge in [0.15, 0.2) is 11.5 Å². The molecule has 0 saturated carbocycles. The highest BCUT2D eigenvalue weighted by molar-refractivity contribution is 5.79. The Morgan fingerprint density at radius 1 is 0.741 bits per heavy atom. The van der Waals surface area contributed by atoms with Crippen LogP contribution in [0.1, 0.15) is 11.1 Å².